The van der Waals surface area contributed by atoms with E-state index in [4.69, 9.17) is 30.2 Å². The Morgan fingerprint density at radius 1 is 1.28 bits per heavy atom. The molecule has 0 unspecified atom stereocenters. The van der Waals surface area contributed by atoms with Gasteiger partial charge >= 0.3 is 5.97 Å². The highest BCUT2D eigenvalue weighted by Gasteiger charge is 2.20. The lowest BCUT2D eigenvalue weighted by Gasteiger charge is -2.10. The van der Waals surface area contributed by atoms with Crippen molar-refractivity contribution in [2.24, 2.45) is 0 Å². The van der Waals surface area contributed by atoms with Crippen LogP contribution in [-0.4, -0.2) is 45.8 Å². The van der Waals surface area contributed by atoms with Crippen LogP contribution in [0.25, 0.3) is 0 Å². The first kappa shape index (κ1) is 22.0. The van der Waals surface area contributed by atoms with Gasteiger partial charge < -0.3 is 23.9 Å². The molecule has 1 aliphatic rings. The molecule has 0 saturated heterocycles. The zero-order chi connectivity index (χ0) is 22.5. The summed E-state index contributed by atoms with van der Waals surface area (Å²) in [5.41, 5.74) is 0.418. The number of aromatic nitrogens is 3. The largest absolute Gasteiger partial charge is 0.467 e. The Morgan fingerprint density at radius 2 is 2.09 bits per heavy atom. The summed E-state index contributed by atoms with van der Waals surface area (Å²) in [6.07, 6.45) is 1.52. The van der Waals surface area contributed by atoms with Gasteiger partial charge in [-0.3, -0.25) is 14.2 Å². The lowest BCUT2D eigenvalue weighted by molar-refractivity contribution is -0.142. The maximum absolute atomic E-state index is 12.5. The van der Waals surface area contributed by atoms with Gasteiger partial charge in [-0.15, -0.1) is 10.2 Å². The number of furan rings is 1. The Bertz CT molecular complexity index is 1120. The number of carbonyl (C=O) groups excluding carboxylic acids is 2. The molecular formula is C20H19ClN4O6S. The van der Waals surface area contributed by atoms with Crippen molar-refractivity contribution in [3.05, 3.63) is 47.1 Å². The van der Waals surface area contributed by atoms with Crippen molar-refractivity contribution >= 4 is 40.9 Å². The van der Waals surface area contributed by atoms with Crippen molar-refractivity contribution in [2.45, 2.75) is 25.0 Å². The topological polar surface area (TPSA) is 118 Å². The van der Waals surface area contributed by atoms with Crippen LogP contribution in [-0.2, 0) is 27.3 Å². The van der Waals surface area contributed by atoms with Crippen molar-refractivity contribution in [3.8, 4) is 11.5 Å². The lowest BCUT2D eigenvalue weighted by atomic mass is 10.2. The summed E-state index contributed by atoms with van der Waals surface area (Å²) < 4.78 is 22.7. The van der Waals surface area contributed by atoms with Crippen molar-refractivity contribution in [1.82, 2.24) is 14.8 Å². The Morgan fingerprint density at radius 3 is 2.84 bits per heavy atom. The van der Waals surface area contributed by atoms with E-state index in [1.807, 2.05) is 0 Å². The summed E-state index contributed by atoms with van der Waals surface area (Å²) >= 11 is 7.39. The second-order valence-corrected chi connectivity index (χ2v) is 7.92. The van der Waals surface area contributed by atoms with Crippen molar-refractivity contribution < 1.29 is 28.2 Å². The quantitative estimate of drug-likeness (QED) is 0.365. The van der Waals surface area contributed by atoms with Crippen LogP contribution in [0.5, 0.6) is 11.5 Å². The molecule has 1 aliphatic heterocycles. The number of benzene rings is 1. The van der Waals surface area contributed by atoms with Gasteiger partial charge in [-0.05, 0) is 19.1 Å². The maximum atomic E-state index is 12.5. The summed E-state index contributed by atoms with van der Waals surface area (Å²) in [7, 11) is 0. The average molecular weight is 479 g/mol. The van der Waals surface area contributed by atoms with Gasteiger partial charge in [0.2, 0.25) is 12.7 Å². The minimum absolute atomic E-state index is 0.0406. The van der Waals surface area contributed by atoms with Crippen LogP contribution in [0, 0.1) is 0 Å². The average Bonchev–Trinajstić information content (AvgIpc) is 3.50. The fraction of sp³-hybridized carbons (Fsp3) is 0.300. The van der Waals surface area contributed by atoms with E-state index in [2.05, 4.69) is 15.5 Å². The van der Waals surface area contributed by atoms with Crippen LogP contribution >= 0.6 is 23.4 Å². The molecule has 0 atom stereocenters. The zero-order valence-corrected chi connectivity index (χ0v) is 18.6. The SMILES string of the molecule is CCOC(=O)Cc1nnc(SCC(=O)Nc2cc3c(cc2Cl)OCO3)n1Cc1ccco1. The second kappa shape index (κ2) is 9.96. The molecule has 0 fully saturated rings. The second-order valence-electron chi connectivity index (χ2n) is 6.57. The molecule has 3 aromatic rings. The Balaban J connectivity index is 1.44. The van der Waals surface area contributed by atoms with Crippen LogP contribution < -0.4 is 14.8 Å². The Labute approximate surface area is 192 Å². The number of carbonyl (C=O) groups is 2. The number of ether oxygens (including phenoxy) is 3. The van der Waals surface area contributed by atoms with Gasteiger partial charge in [-0.1, -0.05) is 23.4 Å². The molecule has 1 aromatic carbocycles. The summed E-state index contributed by atoms with van der Waals surface area (Å²) in [5, 5.41) is 11.8. The number of esters is 1. The Hall–Kier alpha value is -3.18. The van der Waals surface area contributed by atoms with Crippen molar-refractivity contribution in [3.63, 3.8) is 0 Å². The van der Waals surface area contributed by atoms with Gasteiger partial charge in [0.25, 0.3) is 0 Å². The van der Waals surface area contributed by atoms with Crippen LogP contribution in [0.3, 0.4) is 0 Å². The van der Waals surface area contributed by atoms with Gasteiger partial charge in [0.05, 0.1) is 35.9 Å². The third kappa shape index (κ3) is 5.17. The van der Waals surface area contributed by atoms with Crippen LogP contribution in [0.2, 0.25) is 5.02 Å². The lowest BCUT2D eigenvalue weighted by Crippen LogP contribution is -2.16. The summed E-state index contributed by atoms with van der Waals surface area (Å²) in [4.78, 5) is 24.5. The van der Waals surface area contributed by atoms with E-state index >= 15 is 0 Å². The molecule has 1 N–H and O–H groups in total. The normalized spacial score (nSPS) is 12.1. The highest BCUT2D eigenvalue weighted by Crippen LogP contribution is 2.39. The molecular weight excluding hydrogens is 460 g/mol. The van der Waals surface area contributed by atoms with E-state index in [-0.39, 0.29) is 31.5 Å². The molecule has 2 aromatic heterocycles. The number of fused-ring (bicyclic) bond motifs is 1. The number of hydrogen-bond donors (Lipinski definition) is 1. The third-order valence-electron chi connectivity index (χ3n) is 4.36. The molecule has 12 heteroatoms. The van der Waals surface area contributed by atoms with Crippen LogP contribution in [0.1, 0.15) is 18.5 Å². The molecule has 10 nitrogen and oxygen atoms in total. The summed E-state index contributed by atoms with van der Waals surface area (Å²) in [6, 6.07) is 6.77. The van der Waals surface area contributed by atoms with Gasteiger partial charge in [-0.2, -0.15) is 0 Å². The van der Waals surface area contributed by atoms with E-state index in [1.54, 1.807) is 42.0 Å². The van der Waals surface area contributed by atoms with Gasteiger partial charge in [0, 0.05) is 12.1 Å². The van der Waals surface area contributed by atoms with Crippen molar-refractivity contribution in [1.29, 1.82) is 0 Å². The van der Waals surface area contributed by atoms with Gasteiger partial charge in [0.15, 0.2) is 16.7 Å². The number of nitrogens with one attached hydrogen (secondary N) is 1. The number of amides is 1. The monoisotopic (exact) mass is 478 g/mol. The molecule has 168 valence electrons. The van der Waals surface area contributed by atoms with Gasteiger partial charge in [-0.25, -0.2) is 0 Å². The predicted octanol–water partition coefficient (Wildman–Crippen LogP) is 3.14. The number of rotatable bonds is 9. The minimum atomic E-state index is -0.410. The number of thioether (sulfide) groups is 1. The fourth-order valence-electron chi connectivity index (χ4n) is 2.94. The highest BCUT2D eigenvalue weighted by molar-refractivity contribution is 7.99. The first-order valence-corrected chi connectivity index (χ1v) is 11.0. The van der Waals surface area contributed by atoms with E-state index < -0.39 is 5.97 Å². The van der Waals surface area contributed by atoms with E-state index in [0.717, 1.165) is 0 Å². The first-order valence-electron chi connectivity index (χ1n) is 9.65. The summed E-state index contributed by atoms with van der Waals surface area (Å²) in [6.45, 7) is 2.43. The number of nitrogens with zero attached hydrogens (tertiary/aromatic N) is 3. The highest BCUT2D eigenvalue weighted by atomic mass is 35.5. The fourth-order valence-corrected chi connectivity index (χ4v) is 3.90. The smallest absolute Gasteiger partial charge is 0.313 e. The molecule has 0 spiro atoms. The van der Waals surface area contributed by atoms with E-state index in [1.165, 1.54) is 11.8 Å². The maximum Gasteiger partial charge on any atom is 0.313 e. The molecule has 0 saturated carbocycles. The zero-order valence-electron chi connectivity index (χ0n) is 17.0. The molecule has 1 amide bonds. The number of anilines is 1. The first-order chi connectivity index (χ1) is 15.5. The van der Waals surface area contributed by atoms with Crippen LogP contribution in [0.15, 0.2) is 40.1 Å². The number of hydrogen-bond acceptors (Lipinski definition) is 9. The number of halogens is 1. The standard InChI is InChI=1S/C20H19ClN4O6S/c1-2-28-19(27)8-17-23-24-20(25(17)9-12-4-3-5-29-12)32-10-18(26)22-14-7-16-15(6-13(14)21)30-11-31-16/h3-7H,2,8-11H2,1H3,(H,22,26). The minimum Gasteiger partial charge on any atom is -0.467 e. The Kier molecular flexibility index (Phi) is 6.86. The van der Waals surface area contributed by atoms with E-state index in [9.17, 15) is 9.59 Å². The molecule has 0 aliphatic carbocycles. The summed E-state index contributed by atoms with van der Waals surface area (Å²) in [5.74, 6) is 1.46. The van der Waals surface area contributed by atoms with Crippen molar-refractivity contribution in [2.75, 3.05) is 24.5 Å². The third-order valence-corrected chi connectivity index (χ3v) is 5.64. The molecule has 32 heavy (non-hydrogen) atoms. The molecule has 3 heterocycles. The molecule has 0 radical (unpaired) electrons. The van der Waals surface area contributed by atoms with Gasteiger partial charge in [0.1, 0.15) is 18.0 Å². The molecule has 4 rings (SSSR count). The molecule has 0 bridgehead atoms. The predicted molar refractivity (Wildman–Crippen MR) is 115 cm³/mol. The van der Waals surface area contributed by atoms with E-state index in [0.29, 0.717) is 45.5 Å². The van der Waals surface area contributed by atoms with Crippen LogP contribution in [0.4, 0.5) is 5.69 Å².